The van der Waals surface area contributed by atoms with Crippen LogP contribution in [0.2, 0.25) is 0 Å². The molecular formula is C27H22N4O5S2. The summed E-state index contributed by atoms with van der Waals surface area (Å²) in [6.07, 6.45) is 7.82. The summed E-state index contributed by atoms with van der Waals surface area (Å²) in [5.74, 6) is -2.19. The molecule has 1 unspecified atom stereocenters. The van der Waals surface area contributed by atoms with E-state index in [0.717, 1.165) is 15.9 Å². The third-order valence-electron chi connectivity index (χ3n) is 5.94. The zero-order valence-electron chi connectivity index (χ0n) is 20.1. The first-order valence-electron chi connectivity index (χ1n) is 11.6. The van der Waals surface area contributed by atoms with Crippen LogP contribution >= 0.6 is 11.3 Å². The van der Waals surface area contributed by atoms with E-state index in [-0.39, 0.29) is 37.0 Å². The van der Waals surface area contributed by atoms with E-state index in [1.807, 2.05) is 0 Å². The van der Waals surface area contributed by atoms with E-state index < -0.39 is 27.3 Å². The molecule has 0 saturated heterocycles. The Morgan fingerprint density at radius 3 is 2.42 bits per heavy atom. The Morgan fingerprint density at radius 1 is 1.08 bits per heavy atom. The van der Waals surface area contributed by atoms with Crippen molar-refractivity contribution in [2.24, 2.45) is 5.73 Å². The number of pyridine rings is 2. The van der Waals surface area contributed by atoms with Crippen LogP contribution in [0.5, 0.6) is 0 Å². The van der Waals surface area contributed by atoms with Gasteiger partial charge in [-0.2, -0.15) is 0 Å². The van der Waals surface area contributed by atoms with E-state index in [1.54, 1.807) is 67.9 Å². The fourth-order valence-electron chi connectivity index (χ4n) is 4.30. The molecule has 1 aromatic carbocycles. The average molecular weight is 547 g/mol. The van der Waals surface area contributed by atoms with Crippen molar-refractivity contribution in [1.29, 1.82) is 0 Å². The molecule has 0 aliphatic carbocycles. The molecule has 5 rings (SSSR count). The SMILES string of the molecule is CCOC(=O)C1=c2s/c(=C\c3cccnc3)c(=O)n2C(N)=C(S(=O)(=O)c2ccccc2)C1c1cccnc1. The number of aromatic nitrogens is 3. The van der Waals surface area contributed by atoms with Crippen molar-refractivity contribution in [3.05, 3.63) is 115 Å². The number of esters is 1. The Labute approximate surface area is 221 Å². The van der Waals surface area contributed by atoms with Crippen molar-refractivity contribution in [2.45, 2.75) is 17.7 Å². The molecule has 192 valence electrons. The summed E-state index contributed by atoms with van der Waals surface area (Å²) in [7, 11) is -4.28. The number of carbonyl (C=O) groups excluding carboxylic acids is 1. The minimum absolute atomic E-state index is 0.00325. The number of hydrogen-bond acceptors (Lipinski definition) is 9. The van der Waals surface area contributed by atoms with Crippen LogP contribution in [0, 0.1) is 0 Å². The summed E-state index contributed by atoms with van der Waals surface area (Å²) in [6.45, 7) is 1.70. The van der Waals surface area contributed by atoms with Crippen LogP contribution < -0.4 is 20.5 Å². The summed E-state index contributed by atoms with van der Waals surface area (Å²) in [5.41, 5.74) is 7.06. The van der Waals surface area contributed by atoms with Gasteiger partial charge >= 0.3 is 5.97 Å². The molecule has 1 aliphatic rings. The van der Waals surface area contributed by atoms with Gasteiger partial charge in [-0.05, 0) is 48.4 Å². The predicted molar refractivity (Wildman–Crippen MR) is 144 cm³/mol. The minimum Gasteiger partial charge on any atom is -0.463 e. The van der Waals surface area contributed by atoms with Gasteiger partial charge in [0.2, 0.25) is 9.84 Å². The van der Waals surface area contributed by atoms with Gasteiger partial charge in [-0.1, -0.05) is 30.3 Å². The fraction of sp³-hybridized carbons (Fsp3) is 0.111. The normalized spacial score (nSPS) is 15.9. The van der Waals surface area contributed by atoms with Gasteiger partial charge in [-0.15, -0.1) is 11.3 Å². The number of benzene rings is 1. The first-order chi connectivity index (χ1) is 18.3. The molecular weight excluding hydrogens is 524 g/mol. The van der Waals surface area contributed by atoms with Crippen molar-refractivity contribution >= 4 is 44.6 Å². The molecule has 9 nitrogen and oxygen atoms in total. The molecule has 4 heterocycles. The van der Waals surface area contributed by atoms with E-state index >= 15 is 0 Å². The highest BCUT2D eigenvalue weighted by Crippen LogP contribution is 2.41. The Hall–Kier alpha value is -4.35. The van der Waals surface area contributed by atoms with E-state index in [9.17, 15) is 18.0 Å². The second kappa shape index (κ2) is 10.2. The van der Waals surface area contributed by atoms with Crippen LogP contribution in [0.3, 0.4) is 0 Å². The van der Waals surface area contributed by atoms with Crippen LogP contribution in [0.25, 0.3) is 17.5 Å². The lowest BCUT2D eigenvalue weighted by Gasteiger charge is -2.27. The van der Waals surface area contributed by atoms with Gasteiger partial charge in [-0.25, -0.2) is 13.2 Å². The molecule has 0 radical (unpaired) electrons. The largest absolute Gasteiger partial charge is 0.463 e. The van der Waals surface area contributed by atoms with Crippen molar-refractivity contribution < 1.29 is 17.9 Å². The monoisotopic (exact) mass is 546 g/mol. The summed E-state index contributed by atoms with van der Waals surface area (Å²) in [6, 6.07) is 14.5. The molecule has 38 heavy (non-hydrogen) atoms. The zero-order valence-corrected chi connectivity index (χ0v) is 21.8. The number of nitrogens with two attached hydrogens (primary N) is 1. The van der Waals surface area contributed by atoms with Crippen LogP contribution in [-0.4, -0.2) is 35.5 Å². The summed E-state index contributed by atoms with van der Waals surface area (Å²) in [4.78, 5) is 35.0. The van der Waals surface area contributed by atoms with Crippen LogP contribution in [0.1, 0.15) is 24.0 Å². The standard InChI is InChI=1S/C27H22N4O5S2/c1-2-36-27(33)22-21(18-9-7-13-30-16-18)23(38(34,35)19-10-4-3-5-11-19)24(28)31-25(32)20(37-26(22)31)14-17-8-6-12-29-15-17/h3-16,21H,2,28H2,1H3/b20-14-. The molecule has 1 atom stereocenters. The number of allylic oxidation sites excluding steroid dienone is 1. The highest BCUT2D eigenvalue weighted by molar-refractivity contribution is 7.95. The van der Waals surface area contributed by atoms with Crippen molar-refractivity contribution in [1.82, 2.24) is 14.5 Å². The van der Waals surface area contributed by atoms with Crippen LogP contribution in [-0.2, 0) is 19.4 Å². The predicted octanol–water partition coefficient (Wildman–Crippen LogP) is 1.60. The lowest BCUT2D eigenvalue weighted by atomic mass is 9.90. The van der Waals surface area contributed by atoms with Gasteiger partial charge in [0, 0.05) is 24.8 Å². The molecule has 4 aromatic rings. The van der Waals surface area contributed by atoms with Gasteiger partial charge < -0.3 is 10.5 Å². The maximum absolute atomic E-state index is 14.1. The quantitative estimate of drug-likeness (QED) is 0.361. The van der Waals surface area contributed by atoms with Crippen molar-refractivity contribution in [3.63, 3.8) is 0 Å². The summed E-state index contributed by atoms with van der Waals surface area (Å²) >= 11 is 1.03. The molecule has 0 saturated carbocycles. The highest BCUT2D eigenvalue weighted by atomic mass is 32.2. The average Bonchev–Trinajstić information content (AvgIpc) is 3.25. The van der Waals surface area contributed by atoms with Crippen LogP contribution in [0.4, 0.5) is 0 Å². The maximum atomic E-state index is 14.1. The van der Waals surface area contributed by atoms with Gasteiger partial charge in [0.05, 0.1) is 27.5 Å². The summed E-state index contributed by atoms with van der Waals surface area (Å²) in [5, 5.41) is 0. The van der Waals surface area contributed by atoms with E-state index in [0.29, 0.717) is 11.1 Å². The number of rotatable bonds is 6. The second-order valence-corrected chi connectivity index (χ2v) is 11.2. The number of sulfone groups is 1. The van der Waals surface area contributed by atoms with Gasteiger partial charge in [0.1, 0.15) is 15.4 Å². The number of ether oxygens (including phenoxy) is 1. The third-order valence-corrected chi connectivity index (χ3v) is 8.96. The molecule has 2 N–H and O–H groups in total. The third kappa shape index (κ3) is 4.35. The molecule has 3 aromatic heterocycles. The van der Waals surface area contributed by atoms with E-state index in [1.165, 1.54) is 24.5 Å². The van der Waals surface area contributed by atoms with Crippen LogP contribution in [0.15, 0.2) is 94.0 Å². The first kappa shape index (κ1) is 25.3. The second-order valence-electron chi connectivity index (χ2n) is 8.26. The van der Waals surface area contributed by atoms with Gasteiger partial charge in [0.25, 0.3) is 5.56 Å². The Bertz CT molecular complexity index is 1830. The number of hydrogen-bond donors (Lipinski definition) is 1. The Morgan fingerprint density at radius 2 is 1.79 bits per heavy atom. The molecule has 11 heteroatoms. The van der Waals surface area contributed by atoms with Gasteiger partial charge in [-0.3, -0.25) is 19.3 Å². The number of thiazole rings is 1. The number of nitrogens with zero attached hydrogens (tertiary/aromatic N) is 3. The molecule has 1 aliphatic heterocycles. The lowest BCUT2D eigenvalue weighted by Crippen LogP contribution is -2.41. The Kier molecular flexibility index (Phi) is 6.79. The number of carbonyl (C=O) groups is 1. The minimum atomic E-state index is -4.28. The number of fused-ring (bicyclic) bond motifs is 1. The Balaban J connectivity index is 1.93. The molecule has 0 fully saturated rings. The first-order valence-corrected chi connectivity index (χ1v) is 13.9. The maximum Gasteiger partial charge on any atom is 0.338 e. The molecule has 0 spiro atoms. The zero-order chi connectivity index (χ0) is 26.9. The van der Waals surface area contributed by atoms with Gasteiger partial charge in [0.15, 0.2) is 0 Å². The summed E-state index contributed by atoms with van der Waals surface area (Å²) < 4.78 is 35.1. The topological polar surface area (TPSA) is 134 Å². The van der Waals surface area contributed by atoms with E-state index in [4.69, 9.17) is 10.5 Å². The molecule has 0 bridgehead atoms. The smallest absolute Gasteiger partial charge is 0.338 e. The highest BCUT2D eigenvalue weighted by Gasteiger charge is 2.42. The fourth-order valence-corrected chi connectivity index (χ4v) is 7.17. The van der Waals surface area contributed by atoms with Crippen molar-refractivity contribution in [3.8, 4) is 0 Å². The molecule has 0 amide bonds. The lowest BCUT2D eigenvalue weighted by molar-refractivity contribution is -0.136. The van der Waals surface area contributed by atoms with Crippen molar-refractivity contribution in [2.75, 3.05) is 6.61 Å². The van der Waals surface area contributed by atoms with E-state index in [2.05, 4.69) is 9.97 Å².